The Bertz CT molecular complexity index is 1130. The molecule has 3 aromatic rings. The highest BCUT2D eigenvalue weighted by atomic mass is 32.1. The van der Waals surface area contributed by atoms with E-state index < -0.39 is 14.6 Å². The zero-order valence-corrected chi connectivity index (χ0v) is 19.9. The molecule has 0 saturated carbocycles. The van der Waals surface area contributed by atoms with Gasteiger partial charge >= 0.3 is 0 Å². The van der Waals surface area contributed by atoms with Crippen LogP contribution in [0.4, 0.5) is 17.1 Å². The van der Waals surface area contributed by atoms with Crippen molar-refractivity contribution in [3.8, 4) is 10.4 Å². The van der Waals surface area contributed by atoms with Gasteiger partial charge in [0.2, 0.25) is 0 Å². The van der Waals surface area contributed by atoms with E-state index in [9.17, 15) is 13.9 Å². The van der Waals surface area contributed by atoms with Crippen LogP contribution in [0, 0.1) is 0 Å². The molecule has 0 fully saturated rings. The second-order valence-corrected chi connectivity index (χ2v) is 14.9. The first-order valence-corrected chi connectivity index (χ1v) is 15.2. The molecule has 1 heterocycles. The molecular weight excluding hydrogens is 436 g/mol. The number of nitrogens with two attached hydrogens (primary N) is 1. The molecule has 0 aliphatic heterocycles. The SMILES string of the molecule is CP(C)(=O)N(c1ccc(C(=O)Nc2cc(-c3cccs3)ccc2N)cc1)P(C)(C)=O. The van der Waals surface area contributed by atoms with E-state index in [0.29, 0.717) is 22.6 Å². The number of carbonyl (C=O) groups is 1. The summed E-state index contributed by atoms with van der Waals surface area (Å²) in [5, 5.41) is 4.85. The third-order valence-electron chi connectivity index (χ3n) is 4.38. The topological polar surface area (TPSA) is 92.5 Å². The van der Waals surface area contributed by atoms with Crippen LogP contribution in [0.2, 0.25) is 0 Å². The second kappa shape index (κ2) is 8.43. The Balaban J connectivity index is 1.84. The smallest absolute Gasteiger partial charge is 0.255 e. The molecule has 1 amide bonds. The standard InChI is InChI=1S/C21H25N3O3P2S/c1-28(2,26)24(29(3,4)27)17-10-7-15(8-11-17)21(25)23-19-14-16(9-12-18(19)22)20-6-5-13-30-20/h5-14H,22H2,1-4H3,(H,23,25). The molecule has 3 N–H and O–H groups in total. The number of carbonyl (C=O) groups excluding carboxylic acids is 1. The summed E-state index contributed by atoms with van der Waals surface area (Å²) in [6, 6.07) is 16.1. The number of thiophene rings is 1. The number of hydrogen-bond acceptors (Lipinski definition) is 5. The highest BCUT2D eigenvalue weighted by molar-refractivity contribution is 7.81. The molecule has 9 heteroatoms. The van der Waals surface area contributed by atoms with E-state index in [2.05, 4.69) is 5.32 Å². The minimum Gasteiger partial charge on any atom is -0.397 e. The van der Waals surface area contributed by atoms with Gasteiger partial charge in [-0.15, -0.1) is 11.3 Å². The molecule has 30 heavy (non-hydrogen) atoms. The fourth-order valence-electron chi connectivity index (χ4n) is 3.28. The maximum Gasteiger partial charge on any atom is 0.255 e. The first-order valence-electron chi connectivity index (χ1n) is 9.22. The molecular formula is C21H25N3O3P2S. The maximum atomic E-state index is 12.8. The average molecular weight is 461 g/mol. The van der Waals surface area contributed by atoms with Gasteiger partial charge in [-0.05, 0) is 53.4 Å². The summed E-state index contributed by atoms with van der Waals surface area (Å²) in [5.41, 5.74) is 9.02. The van der Waals surface area contributed by atoms with E-state index in [0.717, 1.165) is 10.4 Å². The Morgan fingerprint density at radius 3 is 2.13 bits per heavy atom. The summed E-state index contributed by atoms with van der Waals surface area (Å²) >= 11 is 1.61. The number of hydrogen-bond donors (Lipinski definition) is 2. The lowest BCUT2D eigenvalue weighted by atomic mass is 10.1. The van der Waals surface area contributed by atoms with E-state index in [4.69, 9.17) is 5.73 Å². The van der Waals surface area contributed by atoms with Gasteiger partial charge in [-0.25, -0.2) is 0 Å². The van der Waals surface area contributed by atoms with Crippen LogP contribution in [0.3, 0.4) is 0 Å². The van der Waals surface area contributed by atoms with Crippen molar-refractivity contribution < 1.29 is 13.9 Å². The fourth-order valence-corrected chi connectivity index (χ4v) is 9.53. The normalized spacial score (nSPS) is 11.9. The fraction of sp³-hybridized carbons (Fsp3) is 0.190. The molecule has 6 nitrogen and oxygen atoms in total. The average Bonchev–Trinajstić information content (AvgIpc) is 3.16. The van der Waals surface area contributed by atoms with Crippen molar-refractivity contribution in [1.29, 1.82) is 0 Å². The molecule has 0 saturated heterocycles. The number of benzene rings is 2. The predicted octanol–water partition coefficient (Wildman–Crippen LogP) is 6.13. The summed E-state index contributed by atoms with van der Waals surface area (Å²) < 4.78 is 26.8. The van der Waals surface area contributed by atoms with Crippen molar-refractivity contribution in [2.75, 3.05) is 42.2 Å². The van der Waals surface area contributed by atoms with Crippen LogP contribution in [0.5, 0.6) is 0 Å². The van der Waals surface area contributed by atoms with Gasteiger partial charge < -0.3 is 20.2 Å². The first-order chi connectivity index (χ1) is 14.0. The number of nitrogens with zero attached hydrogens (tertiary/aromatic N) is 1. The monoisotopic (exact) mass is 461 g/mol. The largest absolute Gasteiger partial charge is 0.397 e. The van der Waals surface area contributed by atoms with Gasteiger partial charge in [0.05, 0.1) is 11.4 Å². The van der Waals surface area contributed by atoms with Gasteiger partial charge in [-0.3, -0.25) is 9.24 Å². The van der Waals surface area contributed by atoms with Crippen molar-refractivity contribution in [2.24, 2.45) is 0 Å². The molecule has 0 unspecified atom stereocenters. The predicted molar refractivity (Wildman–Crippen MR) is 130 cm³/mol. The van der Waals surface area contributed by atoms with E-state index in [1.807, 2.05) is 29.6 Å². The van der Waals surface area contributed by atoms with Gasteiger partial charge in [0, 0.05) is 42.8 Å². The molecule has 0 spiro atoms. The van der Waals surface area contributed by atoms with E-state index >= 15 is 0 Å². The lowest BCUT2D eigenvalue weighted by Gasteiger charge is -2.32. The van der Waals surface area contributed by atoms with Crippen LogP contribution in [0.1, 0.15) is 10.4 Å². The van der Waals surface area contributed by atoms with E-state index in [-0.39, 0.29) is 5.91 Å². The van der Waals surface area contributed by atoms with Crippen LogP contribution in [-0.4, -0.2) is 32.6 Å². The number of nitrogen functional groups attached to an aromatic ring is 1. The lowest BCUT2D eigenvalue weighted by molar-refractivity contribution is 0.102. The highest BCUT2D eigenvalue weighted by Gasteiger charge is 2.30. The summed E-state index contributed by atoms with van der Waals surface area (Å²) in [4.78, 5) is 13.8. The molecule has 0 bridgehead atoms. The van der Waals surface area contributed by atoms with Crippen LogP contribution in [-0.2, 0) is 9.13 Å². The van der Waals surface area contributed by atoms with Gasteiger partial charge in [-0.2, -0.15) is 0 Å². The van der Waals surface area contributed by atoms with E-state index in [1.165, 1.54) is 4.44 Å². The lowest BCUT2D eigenvalue weighted by Crippen LogP contribution is -2.16. The Labute approximate surface area is 181 Å². The van der Waals surface area contributed by atoms with Gasteiger partial charge in [0.25, 0.3) is 5.91 Å². The number of anilines is 3. The van der Waals surface area contributed by atoms with Gasteiger partial charge in [-0.1, -0.05) is 12.1 Å². The van der Waals surface area contributed by atoms with Crippen molar-refractivity contribution in [1.82, 2.24) is 0 Å². The molecule has 0 atom stereocenters. The zero-order valence-electron chi connectivity index (χ0n) is 17.3. The molecule has 0 radical (unpaired) electrons. The molecule has 158 valence electrons. The molecule has 1 aromatic heterocycles. The second-order valence-electron chi connectivity index (χ2n) is 7.66. The summed E-state index contributed by atoms with van der Waals surface area (Å²) in [7, 11) is -5.59. The zero-order chi connectivity index (χ0) is 22.1. The van der Waals surface area contributed by atoms with E-state index in [1.54, 1.807) is 68.3 Å². The van der Waals surface area contributed by atoms with Crippen LogP contribution >= 0.6 is 25.9 Å². The summed E-state index contributed by atoms with van der Waals surface area (Å²) in [6.07, 6.45) is 0. The third-order valence-corrected chi connectivity index (χ3v) is 10.2. The molecule has 0 aliphatic carbocycles. The first kappa shape index (κ1) is 22.4. The van der Waals surface area contributed by atoms with Crippen LogP contribution in [0.15, 0.2) is 60.0 Å². The van der Waals surface area contributed by atoms with Crippen LogP contribution < -0.4 is 15.5 Å². The molecule has 3 rings (SSSR count). The molecule has 0 aliphatic rings. The van der Waals surface area contributed by atoms with Crippen molar-refractivity contribution in [2.45, 2.75) is 0 Å². The van der Waals surface area contributed by atoms with Gasteiger partial charge in [0.1, 0.15) is 0 Å². The maximum absolute atomic E-state index is 12.8. The minimum absolute atomic E-state index is 0.310. The number of nitrogens with one attached hydrogen (secondary N) is 1. The Morgan fingerprint density at radius 2 is 1.60 bits per heavy atom. The Morgan fingerprint density at radius 1 is 0.967 bits per heavy atom. The summed E-state index contributed by atoms with van der Waals surface area (Å²) in [6.45, 7) is 6.32. The van der Waals surface area contributed by atoms with Crippen molar-refractivity contribution in [3.63, 3.8) is 0 Å². The quantitative estimate of drug-likeness (QED) is 0.340. The molecule has 2 aromatic carbocycles. The summed E-state index contributed by atoms with van der Waals surface area (Å²) in [5.74, 6) is -0.310. The van der Waals surface area contributed by atoms with Crippen molar-refractivity contribution in [3.05, 3.63) is 65.5 Å². The number of rotatable bonds is 6. The van der Waals surface area contributed by atoms with Crippen LogP contribution in [0.25, 0.3) is 10.4 Å². The van der Waals surface area contributed by atoms with Gasteiger partial charge in [0.15, 0.2) is 14.6 Å². The highest BCUT2D eigenvalue weighted by Crippen LogP contribution is 2.61. The van der Waals surface area contributed by atoms with Crippen molar-refractivity contribution >= 4 is 48.9 Å². The third kappa shape index (κ3) is 5.04. The minimum atomic E-state index is -2.79. The number of amides is 1. The Kier molecular flexibility index (Phi) is 6.28. The Hall–Kier alpha value is -2.33.